The lowest BCUT2D eigenvalue weighted by molar-refractivity contribution is -0.00113. The van der Waals surface area contributed by atoms with E-state index in [2.05, 4.69) is 0 Å². The van der Waals surface area contributed by atoms with Gasteiger partial charge in [-0.1, -0.05) is 12.1 Å². The van der Waals surface area contributed by atoms with Gasteiger partial charge in [0, 0.05) is 12.8 Å². The van der Waals surface area contributed by atoms with Crippen molar-refractivity contribution in [1.82, 2.24) is 0 Å². The van der Waals surface area contributed by atoms with Crippen LogP contribution in [-0.2, 0) is 14.2 Å². The number of rotatable bonds is 8. The molecule has 1 aromatic rings. The van der Waals surface area contributed by atoms with E-state index in [1.54, 1.807) is 7.11 Å². The normalized spacial score (nSPS) is 12.6. The van der Waals surface area contributed by atoms with Gasteiger partial charge in [-0.25, -0.2) is 0 Å². The van der Waals surface area contributed by atoms with Gasteiger partial charge in [-0.05, 0) is 24.6 Å². The van der Waals surface area contributed by atoms with Gasteiger partial charge in [0.15, 0.2) is 0 Å². The molecule has 0 aliphatic heterocycles. The first kappa shape index (κ1) is 14.0. The van der Waals surface area contributed by atoms with Crippen LogP contribution in [0, 0.1) is 0 Å². The van der Waals surface area contributed by atoms with E-state index >= 15 is 0 Å². The molecule has 0 amide bonds. The fourth-order valence-electron chi connectivity index (χ4n) is 1.39. The van der Waals surface area contributed by atoms with Crippen molar-refractivity contribution in [1.29, 1.82) is 0 Å². The van der Waals surface area contributed by atoms with Crippen molar-refractivity contribution in [3.63, 3.8) is 0 Å². The summed E-state index contributed by atoms with van der Waals surface area (Å²) in [7, 11) is 1.66. The van der Waals surface area contributed by atoms with Gasteiger partial charge in [0.1, 0.15) is 0 Å². The maximum Gasteiger partial charge on any atom is 0.0798 e. The highest BCUT2D eigenvalue weighted by Gasteiger charge is 2.04. The van der Waals surface area contributed by atoms with Crippen LogP contribution in [0.2, 0.25) is 0 Å². The Labute approximate surface area is 103 Å². The van der Waals surface area contributed by atoms with Gasteiger partial charge in [-0.15, -0.1) is 0 Å². The zero-order valence-electron chi connectivity index (χ0n) is 10.5. The Hall–Kier alpha value is -1.10. The number of hydrogen-bond acceptors (Lipinski definition) is 4. The van der Waals surface area contributed by atoms with Crippen LogP contribution in [0.5, 0.6) is 0 Å². The standard InChI is InChI=1S/C13H21NO3/c1-11(12-3-5-13(14)6-4-12)17-10-9-16-8-7-15-2/h3-6,11H,7-10,14H2,1-2H3. The highest BCUT2D eigenvalue weighted by Crippen LogP contribution is 2.17. The van der Waals surface area contributed by atoms with Crippen molar-refractivity contribution in [2.24, 2.45) is 0 Å². The van der Waals surface area contributed by atoms with Crippen LogP contribution in [0.3, 0.4) is 0 Å². The maximum absolute atomic E-state index is 5.64. The molecule has 1 atom stereocenters. The molecule has 4 nitrogen and oxygen atoms in total. The second kappa shape index (κ2) is 8.06. The van der Waals surface area contributed by atoms with Gasteiger partial charge in [-0.2, -0.15) is 0 Å². The van der Waals surface area contributed by atoms with Gasteiger partial charge in [-0.3, -0.25) is 0 Å². The van der Waals surface area contributed by atoms with Crippen LogP contribution in [-0.4, -0.2) is 33.5 Å². The van der Waals surface area contributed by atoms with E-state index in [0.29, 0.717) is 26.4 Å². The van der Waals surface area contributed by atoms with Gasteiger partial charge in [0.05, 0.1) is 32.5 Å². The molecule has 2 N–H and O–H groups in total. The number of anilines is 1. The Balaban J connectivity index is 2.16. The van der Waals surface area contributed by atoms with Crippen molar-refractivity contribution in [3.05, 3.63) is 29.8 Å². The predicted molar refractivity (Wildman–Crippen MR) is 67.9 cm³/mol. The first-order valence-corrected chi connectivity index (χ1v) is 5.77. The molecule has 4 heteroatoms. The van der Waals surface area contributed by atoms with E-state index in [0.717, 1.165) is 11.3 Å². The minimum absolute atomic E-state index is 0.0571. The number of methoxy groups -OCH3 is 1. The van der Waals surface area contributed by atoms with E-state index in [1.807, 2.05) is 31.2 Å². The molecule has 96 valence electrons. The summed E-state index contributed by atoms with van der Waals surface area (Å²) in [5.41, 5.74) is 7.51. The number of hydrogen-bond donors (Lipinski definition) is 1. The molecular weight excluding hydrogens is 218 g/mol. The number of nitrogen functional groups attached to an aromatic ring is 1. The zero-order valence-corrected chi connectivity index (χ0v) is 10.5. The molecule has 1 rings (SSSR count). The number of nitrogens with two attached hydrogens (primary N) is 1. The van der Waals surface area contributed by atoms with Crippen LogP contribution in [0.1, 0.15) is 18.6 Å². The molecule has 0 saturated heterocycles. The molecule has 0 bridgehead atoms. The van der Waals surface area contributed by atoms with Crippen molar-refractivity contribution >= 4 is 5.69 Å². The minimum Gasteiger partial charge on any atom is -0.399 e. The molecule has 0 heterocycles. The van der Waals surface area contributed by atoms with E-state index in [-0.39, 0.29) is 6.10 Å². The third-order valence-corrected chi connectivity index (χ3v) is 2.43. The van der Waals surface area contributed by atoms with Crippen LogP contribution in [0.15, 0.2) is 24.3 Å². The summed E-state index contributed by atoms with van der Waals surface area (Å²) in [5, 5.41) is 0. The second-order valence-electron chi connectivity index (χ2n) is 3.78. The first-order chi connectivity index (χ1) is 8.24. The SMILES string of the molecule is COCCOCCOC(C)c1ccc(N)cc1. The Kier molecular flexibility index (Phi) is 6.62. The van der Waals surface area contributed by atoms with Crippen molar-refractivity contribution in [2.75, 3.05) is 39.3 Å². The van der Waals surface area contributed by atoms with Crippen LogP contribution in [0.25, 0.3) is 0 Å². The van der Waals surface area contributed by atoms with E-state index in [9.17, 15) is 0 Å². The minimum atomic E-state index is 0.0571. The fourth-order valence-corrected chi connectivity index (χ4v) is 1.39. The van der Waals surface area contributed by atoms with Crippen molar-refractivity contribution in [2.45, 2.75) is 13.0 Å². The highest BCUT2D eigenvalue weighted by atomic mass is 16.5. The molecule has 1 unspecified atom stereocenters. The van der Waals surface area contributed by atoms with Crippen LogP contribution in [0.4, 0.5) is 5.69 Å². The number of ether oxygens (including phenoxy) is 3. The quantitative estimate of drug-likeness (QED) is 0.557. The molecule has 0 saturated carbocycles. The second-order valence-corrected chi connectivity index (χ2v) is 3.78. The van der Waals surface area contributed by atoms with E-state index < -0.39 is 0 Å². The summed E-state index contributed by atoms with van der Waals surface area (Å²) in [6.45, 7) is 4.40. The van der Waals surface area contributed by atoms with Crippen molar-refractivity contribution in [3.8, 4) is 0 Å². The van der Waals surface area contributed by atoms with Crippen LogP contribution >= 0.6 is 0 Å². The third-order valence-electron chi connectivity index (χ3n) is 2.43. The van der Waals surface area contributed by atoms with Crippen molar-refractivity contribution < 1.29 is 14.2 Å². The average molecular weight is 239 g/mol. The van der Waals surface area contributed by atoms with Gasteiger partial charge < -0.3 is 19.9 Å². The van der Waals surface area contributed by atoms with Crippen LogP contribution < -0.4 is 5.73 Å². The summed E-state index contributed by atoms with van der Waals surface area (Å²) in [5.74, 6) is 0. The lowest BCUT2D eigenvalue weighted by Crippen LogP contribution is -2.10. The zero-order chi connectivity index (χ0) is 12.5. The summed E-state index contributed by atoms with van der Waals surface area (Å²) in [4.78, 5) is 0. The Morgan fingerprint density at radius 3 is 2.35 bits per heavy atom. The summed E-state index contributed by atoms with van der Waals surface area (Å²) < 4.78 is 15.8. The summed E-state index contributed by atoms with van der Waals surface area (Å²) in [6, 6.07) is 7.71. The smallest absolute Gasteiger partial charge is 0.0798 e. The molecule has 0 aliphatic rings. The van der Waals surface area contributed by atoms with E-state index in [4.69, 9.17) is 19.9 Å². The largest absolute Gasteiger partial charge is 0.399 e. The summed E-state index contributed by atoms with van der Waals surface area (Å²) in [6.07, 6.45) is 0.0571. The maximum atomic E-state index is 5.64. The predicted octanol–water partition coefficient (Wildman–Crippen LogP) is 2.01. The number of benzene rings is 1. The molecular formula is C13H21NO3. The lowest BCUT2D eigenvalue weighted by atomic mass is 10.1. The fraction of sp³-hybridized carbons (Fsp3) is 0.538. The molecule has 0 fully saturated rings. The van der Waals surface area contributed by atoms with Gasteiger partial charge >= 0.3 is 0 Å². The van der Waals surface area contributed by atoms with Gasteiger partial charge in [0.25, 0.3) is 0 Å². The molecule has 0 spiro atoms. The van der Waals surface area contributed by atoms with Gasteiger partial charge in [0.2, 0.25) is 0 Å². The molecule has 0 aliphatic carbocycles. The monoisotopic (exact) mass is 239 g/mol. The molecule has 0 aromatic heterocycles. The molecule has 0 radical (unpaired) electrons. The first-order valence-electron chi connectivity index (χ1n) is 5.77. The lowest BCUT2D eigenvalue weighted by Gasteiger charge is -2.13. The Morgan fingerprint density at radius 1 is 1.06 bits per heavy atom. The highest BCUT2D eigenvalue weighted by molar-refractivity contribution is 5.39. The Bertz CT molecular complexity index is 300. The summed E-state index contributed by atoms with van der Waals surface area (Å²) >= 11 is 0. The average Bonchev–Trinajstić information content (AvgIpc) is 2.34. The molecule has 17 heavy (non-hydrogen) atoms. The topological polar surface area (TPSA) is 53.7 Å². The van der Waals surface area contributed by atoms with E-state index in [1.165, 1.54) is 0 Å². The molecule has 1 aromatic carbocycles. The third kappa shape index (κ3) is 5.68. The Morgan fingerprint density at radius 2 is 1.71 bits per heavy atom.